The van der Waals surface area contributed by atoms with Crippen LogP contribution in [-0.4, -0.2) is 35.6 Å². The predicted octanol–water partition coefficient (Wildman–Crippen LogP) is 1.64. The van der Waals surface area contributed by atoms with Gasteiger partial charge >= 0.3 is 0 Å². The molecule has 5 heteroatoms. The highest BCUT2D eigenvalue weighted by atomic mass is 16.5. The van der Waals surface area contributed by atoms with E-state index in [9.17, 15) is 0 Å². The van der Waals surface area contributed by atoms with Crippen LogP contribution in [0.15, 0.2) is 12.4 Å². The molecule has 0 aromatic carbocycles. The molecule has 2 N–H and O–H groups in total. The van der Waals surface area contributed by atoms with Crippen LogP contribution in [0.3, 0.4) is 0 Å². The molecule has 1 aromatic heterocycles. The zero-order chi connectivity index (χ0) is 13.4. The van der Waals surface area contributed by atoms with Gasteiger partial charge < -0.3 is 15.2 Å². The van der Waals surface area contributed by atoms with Gasteiger partial charge in [-0.25, -0.2) is 0 Å². The van der Waals surface area contributed by atoms with Crippen molar-refractivity contribution in [1.82, 2.24) is 9.78 Å². The summed E-state index contributed by atoms with van der Waals surface area (Å²) in [6, 6.07) is -0.0135. The Kier molecular flexibility index (Phi) is 6.93. The molecular weight excluding hydrogens is 230 g/mol. The maximum atomic E-state index is 6.10. The highest BCUT2D eigenvalue weighted by Crippen LogP contribution is 2.21. The topological polar surface area (TPSA) is 62.3 Å². The van der Waals surface area contributed by atoms with E-state index in [1.54, 1.807) is 4.68 Å². The van der Waals surface area contributed by atoms with Gasteiger partial charge in [0.25, 0.3) is 0 Å². The Balaban J connectivity index is 2.46. The van der Waals surface area contributed by atoms with Gasteiger partial charge in [-0.3, -0.25) is 4.68 Å². The minimum Gasteiger partial charge on any atom is -0.379 e. The van der Waals surface area contributed by atoms with Gasteiger partial charge in [0, 0.05) is 31.5 Å². The quantitative estimate of drug-likeness (QED) is 0.681. The lowest BCUT2D eigenvalue weighted by Gasteiger charge is -2.22. The maximum absolute atomic E-state index is 6.10. The Labute approximate surface area is 109 Å². The van der Waals surface area contributed by atoms with Crippen molar-refractivity contribution in [2.75, 3.05) is 19.8 Å². The van der Waals surface area contributed by atoms with Crippen LogP contribution in [0.5, 0.6) is 0 Å². The fraction of sp³-hybridized carbons (Fsp3) is 0.769. The Morgan fingerprint density at radius 3 is 2.67 bits per heavy atom. The van der Waals surface area contributed by atoms with Gasteiger partial charge in [-0.2, -0.15) is 5.10 Å². The predicted molar refractivity (Wildman–Crippen MR) is 71.3 cm³/mol. The maximum Gasteiger partial charge on any atom is 0.101 e. The third-order valence-electron chi connectivity index (χ3n) is 2.79. The molecule has 2 atom stereocenters. The van der Waals surface area contributed by atoms with E-state index < -0.39 is 0 Å². The van der Waals surface area contributed by atoms with E-state index in [0.717, 1.165) is 25.0 Å². The minimum absolute atomic E-state index is 0.0135. The normalized spacial score (nSPS) is 14.7. The van der Waals surface area contributed by atoms with Crippen molar-refractivity contribution in [3.63, 3.8) is 0 Å². The molecule has 0 amide bonds. The van der Waals surface area contributed by atoms with Crippen LogP contribution < -0.4 is 5.73 Å². The molecule has 1 aromatic rings. The Morgan fingerprint density at radius 2 is 2.11 bits per heavy atom. The molecule has 1 rings (SSSR count). The first-order valence-electron chi connectivity index (χ1n) is 6.62. The molecule has 0 aliphatic rings. The van der Waals surface area contributed by atoms with Gasteiger partial charge in [-0.05, 0) is 12.8 Å². The van der Waals surface area contributed by atoms with E-state index in [1.807, 2.05) is 19.4 Å². The summed E-state index contributed by atoms with van der Waals surface area (Å²) in [5, 5.41) is 4.16. The molecule has 0 bridgehead atoms. The summed E-state index contributed by atoms with van der Waals surface area (Å²) in [5.41, 5.74) is 7.13. The molecule has 104 valence electrons. The number of rotatable bonds is 9. The van der Waals surface area contributed by atoms with Gasteiger partial charge in [0.05, 0.1) is 19.4 Å². The van der Waals surface area contributed by atoms with Crippen molar-refractivity contribution in [1.29, 1.82) is 0 Å². The van der Waals surface area contributed by atoms with E-state index in [4.69, 9.17) is 15.2 Å². The summed E-state index contributed by atoms with van der Waals surface area (Å²) < 4.78 is 13.0. The van der Waals surface area contributed by atoms with Crippen molar-refractivity contribution in [2.24, 2.45) is 12.8 Å². The molecule has 2 unspecified atom stereocenters. The van der Waals surface area contributed by atoms with Crippen LogP contribution in [0.4, 0.5) is 0 Å². The molecule has 1 heterocycles. The second kappa shape index (κ2) is 8.24. The number of aryl methyl sites for hydroxylation is 1. The Bertz CT molecular complexity index is 328. The summed E-state index contributed by atoms with van der Waals surface area (Å²) in [5.74, 6) is 0. The number of hydrogen-bond acceptors (Lipinski definition) is 4. The van der Waals surface area contributed by atoms with Gasteiger partial charge in [-0.15, -0.1) is 0 Å². The highest BCUT2D eigenvalue weighted by Gasteiger charge is 2.20. The lowest BCUT2D eigenvalue weighted by molar-refractivity contribution is -0.00769. The molecule has 0 saturated heterocycles. The van der Waals surface area contributed by atoms with Crippen molar-refractivity contribution < 1.29 is 9.47 Å². The summed E-state index contributed by atoms with van der Waals surface area (Å²) in [7, 11) is 1.89. The van der Waals surface area contributed by atoms with Crippen LogP contribution in [0.1, 0.15) is 38.4 Å². The highest BCUT2D eigenvalue weighted by molar-refractivity contribution is 5.10. The molecular formula is C13H25N3O2. The zero-order valence-corrected chi connectivity index (χ0v) is 11.6. The SMILES string of the molecule is CCCOCCOC(c1cnn(C)c1)C(N)CC. The summed E-state index contributed by atoms with van der Waals surface area (Å²) in [6.07, 6.45) is 5.56. The summed E-state index contributed by atoms with van der Waals surface area (Å²) in [6.45, 7) is 6.10. The molecule has 0 radical (unpaired) electrons. The van der Waals surface area contributed by atoms with E-state index in [0.29, 0.717) is 13.2 Å². The molecule has 5 nitrogen and oxygen atoms in total. The van der Waals surface area contributed by atoms with E-state index in [2.05, 4.69) is 18.9 Å². The average molecular weight is 255 g/mol. The van der Waals surface area contributed by atoms with Crippen LogP contribution in [-0.2, 0) is 16.5 Å². The third kappa shape index (κ3) is 4.76. The molecule has 0 aliphatic carbocycles. The summed E-state index contributed by atoms with van der Waals surface area (Å²) in [4.78, 5) is 0. The number of ether oxygens (including phenoxy) is 2. The van der Waals surface area contributed by atoms with Gasteiger partial charge in [0.2, 0.25) is 0 Å². The van der Waals surface area contributed by atoms with Crippen molar-refractivity contribution in [3.8, 4) is 0 Å². The monoisotopic (exact) mass is 255 g/mol. The smallest absolute Gasteiger partial charge is 0.101 e. The van der Waals surface area contributed by atoms with Crippen molar-refractivity contribution in [2.45, 2.75) is 38.8 Å². The lowest BCUT2D eigenvalue weighted by Crippen LogP contribution is -2.30. The van der Waals surface area contributed by atoms with Crippen LogP contribution in [0.2, 0.25) is 0 Å². The largest absolute Gasteiger partial charge is 0.379 e. The molecule has 0 saturated carbocycles. The van der Waals surface area contributed by atoms with Crippen molar-refractivity contribution >= 4 is 0 Å². The third-order valence-corrected chi connectivity index (χ3v) is 2.79. The first-order valence-corrected chi connectivity index (χ1v) is 6.62. The fourth-order valence-corrected chi connectivity index (χ4v) is 1.75. The van der Waals surface area contributed by atoms with Crippen LogP contribution >= 0.6 is 0 Å². The van der Waals surface area contributed by atoms with E-state index >= 15 is 0 Å². The number of aromatic nitrogens is 2. The number of nitrogens with zero attached hydrogens (tertiary/aromatic N) is 2. The summed E-state index contributed by atoms with van der Waals surface area (Å²) >= 11 is 0. The Morgan fingerprint density at radius 1 is 1.33 bits per heavy atom. The minimum atomic E-state index is -0.103. The Hall–Kier alpha value is -0.910. The average Bonchev–Trinajstić information content (AvgIpc) is 2.79. The molecule has 18 heavy (non-hydrogen) atoms. The van der Waals surface area contributed by atoms with Gasteiger partial charge in [-0.1, -0.05) is 13.8 Å². The number of hydrogen-bond donors (Lipinski definition) is 1. The molecule has 0 fully saturated rings. The standard InChI is InChI=1S/C13H25N3O2/c1-4-6-17-7-8-18-13(12(14)5-2)11-9-15-16(3)10-11/h9-10,12-13H,4-8,14H2,1-3H3. The second-order valence-electron chi connectivity index (χ2n) is 4.42. The van der Waals surface area contributed by atoms with Gasteiger partial charge in [0.15, 0.2) is 0 Å². The van der Waals surface area contributed by atoms with Crippen molar-refractivity contribution in [3.05, 3.63) is 18.0 Å². The first kappa shape index (κ1) is 15.1. The second-order valence-corrected chi connectivity index (χ2v) is 4.42. The van der Waals surface area contributed by atoms with Crippen LogP contribution in [0, 0.1) is 0 Å². The fourth-order valence-electron chi connectivity index (χ4n) is 1.75. The molecule has 0 spiro atoms. The van der Waals surface area contributed by atoms with Crippen LogP contribution in [0.25, 0.3) is 0 Å². The lowest BCUT2D eigenvalue weighted by atomic mass is 10.0. The van der Waals surface area contributed by atoms with E-state index in [1.165, 1.54) is 0 Å². The first-order chi connectivity index (χ1) is 8.69. The zero-order valence-electron chi connectivity index (χ0n) is 11.6. The molecule has 0 aliphatic heterocycles. The van der Waals surface area contributed by atoms with E-state index in [-0.39, 0.29) is 12.1 Å². The van der Waals surface area contributed by atoms with Gasteiger partial charge in [0.1, 0.15) is 6.10 Å². The number of nitrogens with two attached hydrogens (primary N) is 1.